The largest absolute Gasteiger partial charge is 0.345 e. The van der Waals surface area contributed by atoms with Gasteiger partial charge in [-0.15, -0.1) is 0 Å². The quantitative estimate of drug-likeness (QED) is 0.783. The van der Waals surface area contributed by atoms with E-state index in [0.29, 0.717) is 0 Å². The van der Waals surface area contributed by atoms with Gasteiger partial charge in [-0.2, -0.15) is 0 Å². The number of hydrogen-bond donors (Lipinski definition) is 1. The van der Waals surface area contributed by atoms with E-state index < -0.39 is 0 Å². The van der Waals surface area contributed by atoms with Crippen molar-refractivity contribution < 1.29 is 0 Å². The Morgan fingerprint density at radius 3 is 2.81 bits per heavy atom. The summed E-state index contributed by atoms with van der Waals surface area (Å²) < 4.78 is 0. The minimum absolute atomic E-state index is 0.905. The molecule has 0 aliphatic heterocycles. The maximum atomic E-state index is 4.37. The van der Waals surface area contributed by atoms with Crippen LogP contribution in [0.3, 0.4) is 0 Å². The molecule has 0 fully saturated rings. The van der Waals surface area contributed by atoms with Gasteiger partial charge in [-0.05, 0) is 18.9 Å². The first-order valence-electron chi connectivity index (χ1n) is 5.38. The number of H-pyrrole nitrogens is 1. The fourth-order valence-corrected chi connectivity index (χ4v) is 2.02. The molecule has 4 heteroatoms. The predicted molar refractivity (Wildman–Crippen MR) is 60.6 cm³/mol. The van der Waals surface area contributed by atoms with Crippen LogP contribution < -0.4 is 0 Å². The maximum absolute atomic E-state index is 4.37. The van der Waals surface area contributed by atoms with E-state index in [2.05, 4.69) is 26.0 Å². The number of aryl methyl sites for hydroxylation is 1. The van der Waals surface area contributed by atoms with Crippen LogP contribution in [0.4, 0.5) is 0 Å². The van der Waals surface area contributed by atoms with E-state index in [-0.39, 0.29) is 0 Å². The van der Waals surface area contributed by atoms with Gasteiger partial charge in [0.1, 0.15) is 0 Å². The van der Waals surface area contributed by atoms with Crippen LogP contribution >= 0.6 is 0 Å². The van der Waals surface area contributed by atoms with Crippen molar-refractivity contribution in [2.24, 2.45) is 0 Å². The van der Waals surface area contributed by atoms with Crippen molar-refractivity contribution in [1.82, 2.24) is 19.9 Å². The molecule has 1 aliphatic carbocycles. The lowest BCUT2D eigenvalue weighted by atomic mass is 9.94. The molecule has 0 bridgehead atoms. The summed E-state index contributed by atoms with van der Waals surface area (Å²) in [5.41, 5.74) is 4.70. The van der Waals surface area contributed by atoms with Crippen LogP contribution in [0.2, 0.25) is 0 Å². The molecule has 0 saturated heterocycles. The first-order chi connectivity index (χ1) is 7.92. The molecule has 1 aliphatic rings. The van der Waals surface area contributed by atoms with E-state index in [0.717, 1.165) is 36.3 Å². The Hall–Kier alpha value is -1.97. The normalized spacial score (nSPS) is 17.4. The van der Waals surface area contributed by atoms with Gasteiger partial charge >= 0.3 is 0 Å². The molecule has 0 unspecified atom stereocenters. The Labute approximate surface area is 93.5 Å². The number of aromatic nitrogens is 4. The molecular formula is C12H12N4. The molecule has 1 N–H and O–H groups in total. The lowest BCUT2D eigenvalue weighted by molar-refractivity contribution is 0.777. The number of nitrogens with one attached hydrogen (secondary N) is 1. The average molecular weight is 212 g/mol. The molecule has 0 radical (unpaired) electrons. The molecule has 0 atom stereocenters. The van der Waals surface area contributed by atoms with Gasteiger partial charge in [-0.25, -0.2) is 4.98 Å². The number of imidazole rings is 1. The first-order valence-corrected chi connectivity index (χ1v) is 5.38. The second-order valence-corrected chi connectivity index (χ2v) is 3.94. The molecule has 2 heterocycles. The molecule has 80 valence electrons. The fourth-order valence-electron chi connectivity index (χ4n) is 2.02. The number of hydrogen-bond acceptors (Lipinski definition) is 3. The number of allylic oxidation sites excluding steroid dienone is 1. The lowest BCUT2D eigenvalue weighted by Gasteiger charge is -2.15. The number of rotatable bonds is 1. The van der Waals surface area contributed by atoms with Crippen LogP contribution in [0.1, 0.15) is 23.5 Å². The molecule has 2 aromatic rings. The smallest absolute Gasteiger partial charge is 0.0924 e. The second-order valence-electron chi connectivity index (χ2n) is 3.94. The lowest BCUT2D eigenvalue weighted by Crippen LogP contribution is -2.09. The standard InChI is InChI=1S/C12H12N4/c1-2-11-12(15-4-3-14-11)6-9(1)5-10-7-13-8-16-10/h3-5,7-8H,1-2,6H2,(H,13,16)/b9-5+. The van der Waals surface area contributed by atoms with E-state index in [1.54, 1.807) is 18.7 Å². The Morgan fingerprint density at radius 1 is 1.12 bits per heavy atom. The van der Waals surface area contributed by atoms with Crippen LogP contribution in [-0.4, -0.2) is 19.9 Å². The molecule has 16 heavy (non-hydrogen) atoms. The molecular weight excluding hydrogens is 200 g/mol. The van der Waals surface area contributed by atoms with Crippen LogP contribution in [0, 0.1) is 0 Å². The summed E-state index contributed by atoms with van der Waals surface area (Å²) in [6, 6.07) is 0. The van der Waals surface area contributed by atoms with Gasteiger partial charge in [0.15, 0.2) is 0 Å². The second kappa shape index (κ2) is 3.89. The summed E-state index contributed by atoms with van der Waals surface area (Å²) >= 11 is 0. The van der Waals surface area contributed by atoms with Gasteiger partial charge in [0.25, 0.3) is 0 Å². The molecule has 2 aromatic heterocycles. The van der Waals surface area contributed by atoms with Gasteiger partial charge in [-0.3, -0.25) is 9.97 Å². The number of fused-ring (bicyclic) bond motifs is 1. The van der Waals surface area contributed by atoms with Crippen molar-refractivity contribution in [2.45, 2.75) is 19.3 Å². The van der Waals surface area contributed by atoms with E-state index in [1.165, 1.54) is 5.57 Å². The highest BCUT2D eigenvalue weighted by atomic mass is 14.9. The average Bonchev–Trinajstić information content (AvgIpc) is 2.82. The summed E-state index contributed by atoms with van der Waals surface area (Å²) in [5.74, 6) is 0. The summed E-state index contributed by atoms with van der Waals surface area (Å²) in [7, 11) is 0. The summed E-state index contributed by atoms with van der Waals surface area (Å²) in [6.45, 7) is 0. The molecule has 3 rings (SSSR count). The third-order valence-corrected chi connectivity index (χ3v) is 2.82. The van der Waals surface area contributed by atoms with Crippen molar-refractivity contribution in [3.8, 4) is 0 Å². The number of aromatic amines is 1. The monoisotopic (exact) mass is 212 g/mol. The maximum Gasteiger partial charge on any atom is 0.0924 e. The molecule has 0 amide bonds. The zero-order valence-electron chi connectivity index (χ0n) is 8.85. The van der Waals surface area contributed by atoms with Crippen LogP contribution in [0.5, 0.6) is 0 Å². The van der Waals surface area contributed by atoms with Crippen LogP contribution in [-0.2, 0) is 12.8 Å². The predicted octanol–water partition coefficient (Wildman–Crippen LogP) is 1.77. The van der Waals surface area contributed by atoms with Gasteiger partial charge < -0.3 is 4.98 Å². The first kappa shape index (κ1) is 9.27. The molecule has 0 aromatic carbocycles. The summed E-state index contributed by atoms with van der Waals surface area (Å²) in [5, 5.41) is 0. The molecule has 0 spiro atoms. The van der Waals surface area contributed by atoms with Crippen molar-refractivity contribution >= 4 is 6.08 Å². The third-order valence-electron chi connectivity index (χ3n) is 2.82. The fraction of sp³-hybridized carbons (Fsp3) is 0.250. The van der Waals surface area contributed by atoms with E-state index in [9.17, 15) is 0 Å². The SMILES string of the molecule is C(=C1/CCc2nccnc2C1)/c1cnc[nH]1. The Bertz CT molecular complexity index is 514. The van der Waals surface area contributed by atoms with Crippen molar-refractivity contribution in [1.29, 1.82) is 0 Å². The highest BCUT2D eigenvalue weighted by Gasteiger charge is 2.14. The molecule has 0 saturated carbocycles. The van der Waals surface area contributed by atoms with Crippen LogP contribution in [0.15, 0.2) is 30.5 Å². The highest BCUT2D eigenvalue weighted by molar-refractivity contribution is 5.50. The van der Waals surface area contributed by atoms with Crippen LogP contribution in [0.25, 0.3) is 6.08 Å². The number of nitrogens with zero attached hydrogens (tertiary/aromatic N) is 3. The summed E-state index contributed by atoms with van der Waals surface area (Å²) in [4.78, 5) is 15.8. The zero-order chi connectivity index (χ0) is 10.8. The third kappa shape index (κ3) is 1.74. The Morgan fingerprint density at radius 2 is 2.00 bits per heavy atom. The van der Waals surface area contributed by atoms with Gasteiger partial charge in [0.05, 0.1) is 29.6 Å². The minimum atomic E-state index is 0.905. The van der Waals surface area contributed by atoms with Crippen molar-refractivity contribution in [2.75, 3.05) is 0 Å². The Kier molecular flexibility index (Phi) is 2.25. The van der Waals surface area contributed by atoms with Crippen molar-refractivity contribution in [3.63, 3.8) is 0 Å². The van der Waals surface area contributed by atoms with Gasteiger partial charge in [0.2, 0.25) is 0 Å². The molecule has 4 nitrogen and oxygen atoms in total. The van der Waals surface area contributed by atoms with Crippen molar-refractivity contribution in [3.05, 3.63) is 47.6 Å². The summed E-state index contributed by atoms with van der Waals surface area (Å²) in [6.07, 6.45) is 12.2. The highest BCUT2D eigenvalue weighted by Crippen LogP contribution is 2.22. The van der Waals surface area contributed by atoms with E-state index >= 15 is 0 Å². The van der Waals surface area contributed by atoms with E-state index in [1.807, 2.05) is 6.20 Å². The zero-order valence-corrected chi connectivity index (χ0v) is 8.85. The topological polar surface area (TPSA) is 54.5 Å². The Balaban J connectivity index is 1.88. The van der Waals surface area contributed by atoms with Gasteiger partial charge in [-0.1, -0.05) is 5.57 Å². The van der Waals surface area contributed by atoms with E-state index in [4.69, 9.17) is 0 Å². The van der Waals surface area contributed by atoms with Gasteiger partial charge in [0, 0.05) is 18.8 Å². The minimum Gasteiger partial charge on any atom is -0.345 e.